The molecule has 0 bridgehead atoms. The first kappa shape index (κ1) is 20.0. The lowest BCUT2D eigenvalue weighted by Gasteiger charge is -2.19. The van der Waals surface area contributed by atoms with E-state index in [1.807, 2.05) is 0 Å². The number of imidazole rings is 2. The second-order valence-corrected chi connectivity index (χ2v) is 9.59. The molecule has 3 heterocycles. The minimum absolute atomic E-state index is 0.407. The Kier molecular flexibility index (Phi) is 4.34. The van der Waals surface area contributed by atoms with E-state index in [2.05, 4.69) is 110 Å². The number of rotatable bonds is 3. The molecule has 0 saturated carbocycles. The Morgan fingerprint density at radius 2 is 1.33 bits per heavy atom. The van der Waals surface area contributed by atoms with Crippen LogP contribution < -0.4 is 0 Å². The molecule has 3 aromatic carbocycles. The van der Waals surface area contributed by atoms with Crippen molar-refractivity contribution in [1.82, 2.24) is 18.9 Å². The van der Waals surface area contributed by atoms with Crippen molar-refractivity contribution in [3.8, 4) is 11.4 Å². The molecular weight excluding hydrogens is 404 g/mol. The van der Waals surface area contributed by atoms with Gasteiger partial charge in [0.15, 0.2) is 5.65 Å². The molecule has 33 heavy (non-hydrogen) atoms. The maximum atomic E-state index is 5.33. The van der Waals surface area contributed by atoms with Crippen molar-refractivity contribution >= 4 is 38.6 Å². The van der Waals surface area contributed by atoms with Gasteiger partial charge in [-0.05, 0) is 41.2 Å². The molecule has 0 saturated heterocycles. The van der Waals surface area contributed by atoms with Crippen LogP contribution in [0.4, 0.5) is 0 Å². The van der Waals surface area contributed by atoms with Crippen molar-refractivity contribution in [2.24, 2.45) is 7.05 Å². The van der Waals surface area contributed by atoms with Crippen molar-refractivity contribution in [3.63, 3.8) is 0 Å². The van der Waals surface area contributed by atoms with Gasteiger partial charge < -0.3 is 4.57 Å². The summed E-state index contributed by atoms with van der Waals surface area (Å²) in [4.78, 5) is 10.4. The lowest BCUT2D eigenvalue weighted by atomic mass is 9.88. The number of nitrogens with zero attached hydrogens (tertiary/aromatic N) is 4. The molecule has 0 aliphatic rings. The van der Waals surface area contributed by atoms with Gasteiger partial charge in [-0.1, -0.05) is 76.2 Å². The molecule has 0 unspecified atom stereocenters. The van der Waals surface area contributed by atoms with E-state index in [9.17, 15) is 0 Å². The third kappa shape index (κ3) is 2.76. The highest BCUT2D eigenvalue weighted by molar-refractivity contribution is 6.11. The van der Waals surface area contributed by atoms with Crippen LogP contribution in [-0.2, 0) is 7.05 Å². The summed E-state index contributed by atoms with van der Waals surface area (Å²) in [5, 5.41) is 1.15. The normalized spacial score (nSPS) is 12.3. The van der Waals surface area contributed by atoms with E-state index in [0.29, 0.717) is 11.8 Å². The Labute approximate surface area is 193 Å². The highest BCUT2D eigenvalue weighted by atomic mass is 15.1. The van der Waals surface area contributed by atoms with Gasteiger partial charge in [-0.3, -0.25) is 4.40 Å². The van der Waals surface area contributed by atoms with Crippen molar-refractivity contribution in [2.45, 2.75) is 39.5 Å². The van der Waals surface area contributed by atoms with E-state index in [-0.39, 0.29) is 0 Å². The molecule has 4 heteroatoms. The van der Waals surface area contributed by atoms with Crippen LogP contribution in [0.1, 0.15) is 50.7 Å². The molecule has 0 fully saturated rings. The Morgan fingerprint density at radius 1 is 0.697 bits per heavy atom. The molecule has 4 nitrogen and oxygen atoms in total. The fraction of sp³-hybridized carbons (Fsp3) is 0.241. The van der Waals surface area contributed by atoms with E-state index < -0.39 is 0 Å². The number of aryl methyl sites for hydroxylation is 1. The first-order valence-corrected chi connectivity index (χ1v) is 11.7. The summed E-state index contributed by atoms with van der Waals surface area (Å²) >= 11 is 0. The number of fused-ring (bicyclic) bond motifs is 8. The Bertz CT molecular complexity index is 1650. The van der Waals surface area contributed by atoms with E-state index >= 15 is 0 Å². The predicted octanol–water partition coefficient (Wildman–Crippen LogP) is 7.44. The first-order chi connectivity index (χ1) is 16.0. The molecule has 0 aliphatic carbocycles. The summed E-state index contributed by atoms with van der Waals surface area (Å²) in [5.74, 6) is 1.83. The Morgan fingerprint density at radius 3 is 2.03 bits per heavy atom. The second kappa shape index (κ2) is 7.17. The van der Waals surface area contributed by atoms with Crippen LogP contribution in [0.5, 0.6) is 0 Å². The molecule has 6 aromatic rings. The van der Waals surface area contributed by atoms with Crippen LogP contribution in [0.15, 0.2) is 66.7 Å². The van der Waals surface area contributed by atoms with Gasteiger partial charge in [-0.25, -0.2) is 9.97 Å². The first-order valence-electron chi connectivity index (χ1n) is 11.7. The summed E-state index contributed by atoms with van der Waals surface area (Å²) in [5.41, 5.74) is 10.3. The largest absolute Gasteiger partial charge is 0.324 e. The van der Waals surface area contributed by atoms with E-state index in [1.54, 1.807) is 0 Å². The van der Waals surface area contributed by atoms with Crippen molar-refractivity contribution < 1.29 is 0 Å². The van der Waals surface area contributed by atoms with Crippen LogP contribution in [0, 0.1) is 0 Å². The quantitative estimate of drug-likeness (QED) is 0.291. The molecule has 3 aromatic heterocycles. The zero-order valence-corrected chi connectivity index (χ0v) is 19.8. The van der Waals surface area contributed by atoms with Crippen LogP contribution >= 0.6 is 0 Å². The number of para-hydroxylation sites is 3. The van der Waals surface area contributed by atoms with E-state index in [1.165, 1.54) is 16.7 Å². The number of hydrogen-bond donors (Lipinski definition) is 0. The fourth-order valence-corrected chi connectivity index (χ4v) is 5.27. The molecule has 0 radical (unpaired) electrons. The van der Waals surface area contributed by atoms with Crippen LogP contribution in [0.25, 0.3) is 50.0 Å². The highest BCUT2D eigenvalue weighted by Gasteiger charge is 2.24. The predicted molar refractivity (Wildman–Crippen MR) is 138 cm³/mol. The van der Waals surface area contributed by atoms with Crippen molar-refractivity contribution in [1.29, 1.82) is 0 Å². The fourth-order valence-electron chi connectivity index (χ4n) is 5.27. The number of hydrogen-bond acceptors (Lipinski definition) is 2. The van der Waals surface area contributed by atoms with Gasteiger partial charge in [-0.2, -0.15) is 0 Å². The summed E-state index contributed by atoms with van der Waals surface area (Å²) < 4.78 is 4.55. The van der Waals surface area contributed by atoms with Crippen LogP contribution in [-0.4, -0.2) is 18.9 Å². The highest BCUT2D eigenvalue weighted by Crippen LogP contribution is 2.39. The smallest absolute Gasteiger partial charge is 0.164 e. The molecular formula is C29H28N4. The van der Waals surface area contributed by atoms with Crippen LogP contribution in [0.3, 0.4) is 0 Å². The second-order valence-electron chi connectivity index (χ2n) is 9.59. The molecule has 0 aliphatic heterocycles. The molecule has 0 spiro atoms. The molecule has 0 N–H and O–H groups in total. The van der Waals surface area contributed by atoms with Gasteiger partial charge >= 0.3 is 0 Å². The van der Waals surface area contributed by atoms with Crippen molar-refractivity contribution in [3.05, 3.63) is 77.9 Å². The van der Waals surface area contributed by atoms with Gasteiger partial charge in [-0.15, -0.1) is 0 Å². The van der Waals surface area contributed by atoms with E-state index in [0.717, 1.165) is 44.4 Å². The molecule has 0 atom stereocenters. The Balaban J connectivity index is 1.84. The summed E-state index contributed by atoms with van der Waals surface area (Å²) in [6.07, 6.45) is 0. The third-order valence-electron chi connectivity index (χ3n) is 6.86. The summed E-state index contributed by atoms with van der Waals surface area (Å²) in [7, 11) is 2.14. The maximum Gasteiger partial charge on any atom is 0.164 e. The lowest BCUT2D eigenvalue weighted by Crippen LogP contribution is -2.04. The maximum absolute atomic E-state index is 5.33. The van der Waals surface area contributed by atoms with Gasteiger partial charge in [0.2, 0.25) is 0 Å². The minimum atomic E-state index is 0.407. The van der Waals surface area contributed by atoms with Crippen LogP contribution in [0.2, 0.25) is 0 Å². The molecule has 164 valence electrons. The van der Waals surface area contributed by atoms with Gasteiger partial charge in [0.25, 0.3) is 0 Å². The standard InChI is InChI=1S/C29H28N4/c1-17(2)19-12-10-13-20(18(3)4)25(19)28-31-26-21-11-6-8-15-23(21)33-24-16-9-7-14-22(24)30-29(33)27(26)32(28)5/h6-18H,1-5H3. The topological polar surface area (TPSA) is 35.1 Å². The number of pyridine rings is 1. The lowest BCUT2D eigenvalue weighted by molar-refractivity contribution is 0.828. The minimum Gasteiger partial charge on any atom is -0.324 e. The SMILES string of the molecule is CC(C)c1cccc(C(C)C)c1-c1nc2c3ccccc3n3c4ccccc4nc3c2n1C. The third-order valence-corrected chi connectivity index (χ3v) is 6.86. The van der Waals surface area contributed by atoms with Gasteiger partial charge in [0, 0.05) is 18.0 Å². The zero-order valence-electron chi connectivity index (χ0n) is 19.8. The monoisotopic (exact) mass is 432 g/mol. The summed E-state index contributed by atoms with van der Waals surface area (Å²) in [6, 6.07) is 23.6. The number of benzene rings is 3. The Hall–Kier alpha value is -3.66. The van der Waals surface area contributed by atoms with Gasteiger partial charge in [0.1, 0.15) is 16.9 Å². The van der Waals surface area contributed by atoms with Crippen molar-refractivity contribution in [2.75, 3.05) is 0 Å². The average Bonchev–Trinajstić information content (AvgIpc) is 3.36. The molecule has 6 rings (SSSR count). The number of aromatic nitrogens is 4. The zero-order chi connectivity index (χ0) is 22.9. The van der Waals surface area contributed by atoms with E-state index in [4.69, 9.17) is 9.97 Å². The average molecular weight is 433 g/mol. The summed E-state index contributed by atoms with van der Waals surface area (Å²) in [6.45, 7) is 9.06. The van der Waals surface area contributed by atoms with Gasteiger partial charge in [0.05, 0.1) is 16.6 Å². The molecule has 0 amide bonds.